The molecular formula is C25H44N2O. The second-order valence-electron chi connectivity index (χ2n) is 7.59. The fourth-order valence-corrected chi connectivity index (χ4v) is 3.07. The minimum atomic E-state index is 0.129. The van der Waals surface area contributed by atoms with Crippen LogP contribution < -0.4 is 11.1 Å². The predicted octanol–water partition coefficient (Wildman–Crippen LogP) is 5.72. The molecule has 0 aliphatic heterocycles. The first kappa shape index (κ1) is 26.6. The van der Waals surface area contributed by atoms with Gasteiger partial charge in [-0.2, -0.15) is 0 Å². The number of unbranched alkanes of at least 4 members (excludes halogenated alkanes) is 14. The first-order chi connectivity index (χ1) is 13.8. The summed E-state index contributed by atoms with van der Waals surface area (Å²) in [4.78, 5) is 11.4. The highest BCUT2D eigenvalue weighted by Crippen LogP contribution is 2.09. The molecule has 0 spiro atoms. The molecule has 160 valence electrons. The Morgan fingerprint density at radius 3 is 1.68 bits per heavy atom. The molecule has 0 rings (SSSR count). The Kier molecular flexibility index (Phi) is 22.4. The van der Waals surface area contributed by atoms with Crippen molar-refractivity contribution >= 4 is 5.91 Å². The SMILES string of the molecule is CCCCCCCCCCC#CC#CCCCCCCCCC(=O)NCCN. The van der Waals surface area contributed by atoms with Gasteiger partial charge in [-0.25, -0.2) is 0 Å². The van der Waals surface area contributed by atoms with Gasteiger partial charge in [0.05, 0.1) is 0 Å². The molecule has 0 aliphatic carbocycles. The Morgan fingerprint density at radius 2 is 1.18 bits per heavy atom. The molecule has 0 aromatic carbocycles. The fraction of sp³-hybridized carbons (Fsp3) is 0.800. The van der Waals surface area contributed by atoms with Crippen LogP contribution in [0.5, 0.6) is 0 Å². The molecule has 0 radical (unpaired) electrons. The lowest BCUT2D eigenvalue weighted by Crippen LogP contribution is -2.28. The topological polar surface area (TPSA) is 55.1 Å². The Hall–Kier alpha value is -1.45. The molecule has 0 saturated heterocycles. The predicted molar refractivity (Wildman–Crippen MR) is 122 cm³/mol. The quantitative estimate of drug-likeness (QED) is 0.233. The Morgan fingerprint density at radius 1 is 0.714 bits per heavy atom. The lowest BCUT2D eigenvalue weighted by Gasteiger charge is -2.03. The summed E-state index contributed by atoms with van der Waals surface area (Å²) in [5.74, 6) is 12.5. The fourth-order valence-electron chi connectivity index (χ4n) is 3.07. The third-order valence-corrected chi connectivity index (χ3v) is 4.82. The normalized spacial score (nSPS) is 9.93. The number of hydrogen-bond acceptors (Lipinski definition) is 2. The lowest BCUT2D eigenvalue weighted by molar-refractivity contribution is -0.121. The molecule has 0 atom stereocenters. The zero-order chi connectivity index (χ0) is 20.5. The summed E-state index contributed by atoms with van der Waals surface area (Å²) in [6.07, 6.45) is 20.3. The van der Waals surface area contributed by atoms with Crippen molar-refractivity contribution < 1.29 is 4.79 Å². The third-order valence-electron chi connectivity index (χ3n) is 4.82. The largest absolute Gasteiger partial charge is 0.355 e. The van der Waals surface area contributed by atoms with Gasteiger partial charge in [0.1, 0.15) is 0 Å². The highest BCUT2D eigenvalue weighted by atomic mass is 16.1. The van der Waals surface area contributed by atoms with Crippen molar-refractivity contribution in [1.29, 1.82) is 0 Å². The number of carbonyl (C=O) groups excluding carboxylic acids is 1. The molecule has 0 bridgehead atoms. The van der Waals surface area contributed by atoms with E-state index in [9.17, 15) is 4.79 Å². The minimum absolute atomic E-state index is 0.129. The van der Waals surface area contributed by atoms with Crippen LogP contribution in [0.25, 0.3) is 0 Å². The number of nitrogens with two attached hydrogens (primary N) is 1. The summed E-state index contributed by atoms with van der Waals surface area (Å²) >= 11 is 0. The van der Waals surface area contributed by atoms with Crippen LogP contribution in [0.2, 0.25) is 0 Å². The first-order valence-corrected chi connectivity index (χ1v) is 11.7. The molecule has 0 aromatic heterocycles. The van der Waals surface area contributed by atoms with Gasteiger partial charge in [-0.1, -0.05) is 89.4 Å². The molecule has 28 heavy (non-hydrogen) atoms. The average molecular weight is 389 g/mol. The van der Waals surface area contributed by atoms with Gasteiger partial charge in [0.15, 0.2) is 0 Å². The van der Waals surface area contributed by atoms with E-state index in [4.69, 9.17) is 5.73 Å². The van der Waals surface area contributed by atoms with E-state index in [-0.39, 0.29) is 5.91 Å². The molecule has 0 heterocycles. The van der Waals surface area contributed by atoms with Gasteiger partial charge in [-0.05, 0) is 31.1 Å². The van der Waals surface area contributed by atoms with E-state index in [2.05, 4.69) is 35.9 Å². The van der Waals surface area contributed by atoms with Crippen LogP contribution in [0.1, 0.15) is 116 Å². The number of nitrogens with one attached hydrogen (secondary N) is 1. The monoisotopic (exact) mass is 388 g/mol. The summed E-state index contributed by atoms with van der Waals surface area (Å²) in [7, 11) is 0. The summed E-state index contributed by atoms with van der Waals surface area (Å²) in [6, 6.07) is 0. The van der Waals surface area contributed by atoms with E-state index in [0.717, 1.165) is 32.1 Å². The molecule has 0 aromatic rings. The zero-order valence-electron chi connectivity index (χ0n) is 18.4. The highest BCUT2D eigenvalue weighted by molar-refractivity contribution is 5.75. The van der Waals surface area contributed by atoms with Gasteiger partial charge in [0, 0.05) is 32.4 Å². The van der Waals surface area contributed by atoms with Crippen molar-refractivity contribution in [3.05, 3.63) is 0 Å². The second-order valence-corrected chi connectivity index (χ2v) is 7.59. The van der Waals surface area contributed by atoms with Gasteiger partial charge >= 0.3 is 0 Å². The van der Waals surface area contributed by atoms with Gasteiger partial charge in [0.25, 0.3) is 0 Å². The van der Waals surface area contributed by atoms with E-state index in [1.54, 1.807) is 0 Å². The molecule has 0 aliphatic rings. The highest BCUT2D eigenvalue weighted by Gasteiger charge is 1.99. The first-order valence-electron chi connectivity index (χ1n) is 11.7. The van der Waals surface area contributed by atoms with Gasteiger partial charge in [-0.3, -0.25) is 4.79 Å². The van der Waals surface area contributed by atoms with E-state index in [1.165, 1.54) is 70.6 Å². The molecule has 0 saturated carbocycles. The van der Waals surface area contributed by atoms with E-state index >= 15 is 0 Å². The van der Waals surface area contributed by atoms with Crippen molar-refractivity contribution in [2.24, 2.45) is 5.73 Å². The summed E-state index contributed by atoms with van der Waals surface area (Å²) < 4.78 is 0. The van der Waals surface area contributed by atoms with Crippen molar-refractivity contribution in [2.75, 3.05) is 13.1 Å². The van der Waals surface area contributed by atoms with Crippen LogP contribution in [0.4, 0.5) is 0 Å². The Balaban J connectivity index is 3.29. The molecule has 3 nitrogen and oxygen atoms in total. The summed E-state index contributed by atoms with van der Waals surface area (Å²) in [6.45, 7) is 3.36. The van der Waals surface area contributed by atoms with Crippen LogP contribution in [0.3, 0.4) is 0 Å². The van der Waals surface area contributed by atoms with Crippen molar-refractivity contribution in [1.82, 2.24) is 5.32 Å². The number of carbonyl (C=O) groups is 1. The number of rotatable bonds is 18. The summed E-state index contributed by atoms with van der Waals surface area (Å²) in [5.41, 5.74) is 5.35. The molecular weight excluding hydrogens is 344 g/mol. The van der Waals surface area contributed by atoms with Crippen LogP contribution in [-0.2, 0) is 4.79 Å². The molecule has 1 amide bonds. The second kappa shape index (κ2) is 23.6. The maximum Gasteiger partial charge on any atom is 0.220 e. The van der Waals surface area contributed by atoms with Crippen molar-refractivity contribution in [3.8, 4) is 23.7 Å². The number of hydrogen-bond donors (Lipinski definition) is 2. The average Bonchev–Trinajstić information content (AvgIpc) is 2.70. The smallest absolute Gasteiger partial charge is 0.220 e. The van der Waals surface area contributed by atoms with Gasteiger partial charge in [-0.15, -0.1) is 0 Å². The third kappa shape index (κ3) is 22.6. The van der Waals surface area contributed by atoms with Crippen LogP contribution in [0.15, 0.2) is 0 Å². The van der Waals surface area contributed by atoms with E-state index in [0.29, 0.717) is 19.5 Å². The van der Waals surface area contributed by atoms with Crippen molar-refractivity contribution in [3.63, 3.8) is 0 Å². The van der Waals surface area contributed by atoms with E-state index < -0.39 is 0 Å². The van der Waals surface area contributed by atoms with Crippen LogP contribution in [-0.4, -0.2) is 19.0 Å². The zero-order valence-corrected chi connectivity index (χ0v) is 18.4. The van der Waals surface area contributed by atoms with Gasteiger partial charge in [0.2, 0.25) is 5.91 Å². The maximum absolute atomic E-state index is 11.4. The molecule has 0 fully saturated rings. The van der Waals surface area contributed by atoms with E-state index in [1.807, 2.05) is 0 Å². The van der Waals surface area contributed by atoms with Gasteiger partial charge < -0.3 is 11.1 Å². The molecule has 3 N–H and O–H groups in total. The standard InChI is InChI=1S/C25H44N2O/c1-2-3-4-5-6-7-8-9-10-11-12-13-14-15-16-17-18-19-20-21-22-25(28)27-24-23-26/h2-10,15-24,26H2,1H3,(H,27,28). The van der Waals surface area contributed by atoms with Crippen molar-refractivity contribution in [2.45, 2.75) is 116 Å². The van der Waals surface area contributed by atoms with Crippen LogP contribution >= 0.6 is 0 Å². The molecule has 3 heteroatoms. The van der Waals surface area contributed by atoms with Crippen LogP contribution in [0, 0.1) is 23.7 Å². The summed E-state index contributed by atoms with van der Waals surface area (Å²) in [5, 5.41) is 2.80. The Labute approximate surface area is 175 Å². The molecule has 0 unspecified atom stereocenters. The lowest BCUT2D eigenvalue weighted by atomic mass is 10.1. The Bertz CT molecular complexity index is 464. The number of amides is 1. The minimum Gasteiger partial charge on any atom is -0.355 e. The maximum atomic E-state index is 11.4.